The molecule has 0 aromatic carbocycles. The van der Waals surface area contributed by atoms with Gasteiger partial charge in [-0.1, -0.05) is 70.4 Å². The van der Waals surface area contributed by atoms with Crippen molar-refractivity contribution in [2.24, 2.45) is 0 Å². The van der Waals surface area contributed by atoms with Crippen LogP contribution in [-0.4, -0.2) is 35.5 Å². The molecule has 0 saturated carbocycles. The number of carbonyl (C=O) groups is 1. The summed E-state index contributed by atoms with van der Waals surface area (Å²) < 4.78 is 4.99. The van der Waals surface area contributed by atoms with Crippen LogP contribution < -0.4 is 0 Å². The highest BCUT2D eigenvalue weighted by Gasteiger charge is 1.97. The van der Waals surface area contributed by atoms with Gasteiger partial charge in [0, 0.05) is 6.61 Å². The third kappa shape index (κ3) is 19.1. The SMILES string of the molecule is CCCC[C@@H](O)/C=C\CCCCCCCCCCOCC(=O)O. The Morgan fingerprint density at radius 1 is 1.00 bits per heavy atom. The molecule has 23 heavy (non-hydrogen) atoms. The molecule has 4 heteroatoms. The van der Waals surface area contributed by atoms with Crippen LogP contribution in [0.4, 0.5) is 0 Å². The van der Waals surface area contributed by atoms with Crippen LogP contribution in [0.5, 0.6) is 0 Å². The molecule has 0 aliphatic heterocycles. The van der Waals surface area contributed by atoms with Crippen molar-refractivity contribution in [3.8, 4) is 0 Å². The second-order valence-electron chi connectivity index (χ2n) is 6.20. The molecule has 2 N–H and O–H groups in total. The van der Waals surface area contributed by atoms with Crippen LogP contribution in [0.1, 0.15) is 84.0 Å². The summed E-state index contributed by atoms with van der Waals surface area (Å²) in [7, 11) is 0. The molecule has 0 radical (unpaired) electrons. The van der Waals surface area contributed by atoms with Crippen molar-refractivity contribution >= 4 is 5.97 Å². The van der Waals surface area contributed by atoms with Crippen molar-refractivity contribution in [3.05, 3.63) is 12.2 Å². The maximum Gasteiger partial charge on any atom is 0.329 e. The number of carboxylic acid groups (broad SMARTS) is 1. The zero-order chi connectivity index (χ0) is 17.2. The molecule has 0 bridgehead atoms. The Morgan fingerprint density at radius 2 is 1.61 bits per heavy atom. The summed E-state index contributed by atoms with van der Waals surface area (Å²) >= 11 is 0. The monoisotopic (exact) mass is 328 g/mol. The molecule has 4 nitrogen and oxygen atoms in total. The predicted molar refractivity (Wildman–Crippen MR) is 94.7 cm³/mol. The summed E-state index contributed by atoms with van der Waals surface area (Å²) in [5.41, 5.74) is 0. The summed E-state index contributed by atoms with van der Waals surface area (Å²) in [5, 5.41) is 18.1. The summed E-state index contributed by atoms with van der Waals surface area (Å²) in [6.07, 6.45) is 17.6. The van der Waals surface area contributed by atoms with Gasteiger partial charge in [-0.3, -0.25) is 0 Å². The lowest BCUT2D eigenvalue weighted by molar-refractivity contribution is -0.142. The highest BCUT2D eigenvalue weighted by Crippen LogP contribution is 2.10. The van der Waals surface area contributed by atoms with Crippen molar-refractivity contribution in [1.82, 2.24) is 0 Å². The van der Waals surface area contributed by atoms with Crippen molar-refractivity contribution in [3.63, 3.8) is 0 Å². The second kappa shape index (κ2) is 17.5. The molecule has 0 fully saturated rings. The maximum absolute atomic E-state index is 10.2. The zero-order valence-electron chi connectivity index (χ0n) is 14.8. The van der Waals surface area contributed by atoms with E-state index in [2.05, 4.69) is 13.0 Å². The number of carboxylic acids is 1. The summed E-state index contributed by atoms with van der Waals surface area (Å²) in [6, 6.07) is 0. The van der Waals surface area contributed by atoms with Crippen LogP contribution in [0.25, 0.3) is 0 Å². The Balaban J connectivity index is 3.16. The first-order valence-corrected chi connectivity index (χ1v) is 9.31. The topological polar surface area (TPSA) is 66.8 Å². The third-order valence-corrected chi connectivity index (χ3v) is 3.85. The van der Waals surface area contributed by atoms with Gasteiger partial charge in [-0.25, -0.2) is 4.79 Å². The van der Waals surface area contributed by atoms with Gasteiger partial charge in [0.25, 0.3) is 0 Å². The molecule has 136 valence electrons. The fourth-order valence-electron chi connectivity index (χ4n) is 2.45. The van der Waals surface area contributed by atoms with Crippen LogP contribution >= 0.6 is 0 Å². The maximum atomic E-state index is 10.2. The second-order valence-corrected chi connectivity index (χ2v) is 6.20. The lowest BCUT2D eigenvalue weighted by Crippen LogP contribution is -2.07. The molecule has 0 amide bonds. The van der Waals surface area contributed by atoms with Crippen LogP contribution in [0, 0.1) is 0 Å². The van der Waals surface area contributed by atoms with E-state index in [1.54, 1.807) is 0 Å². The van der Waals surface area contributed by atoms with Gasteiger partial charge in [-0.05, 0) is 25.7 Å². The van der Waals surface area contributed by atoms with E-state index in [4.69, 9.17) is 9.84 Å². The highest BCUT2D eigenvalue weighted by atomic mass is 16.5. The molecular formula is C19H36O4. The van der Waals surface area contributed by atoms with Crippen LogP contribution in [0.3, 0.4) is 0 Å². The van der Waals surface area contributed by atoms with Gasteiger partial charge in [0.1, 0.15) is 6.61 Å². The number of rotatable bonds is 17. The minimum Gasteiger partial charge on any atom is -0.480 e. The van der Waals surface area contributed by atoms with Crippen LogP contribution in [-0.2, 0) is 9.53 Å². The number of hydrogen-bond acceptors (Lipinski definition) is 3. The van der Waals surface area contributed by atoms with Gasteiger partial charge >= 0.3 is 5.97 Å². The Kier molecular flexibility index (Phi) is 16.8. The molecule has 0 heterocycles. The van der Waals surface area contributed by atoms with Crippen molar-refractivity contribution in [1.29, 1.82) is 0 Å². The van der Waals surface area contributed by atoms with E-state index in [0.29, 0.717) is 6.61 Å². The lowest BCUT2D eigenvalue weighted by atomic mass is 10.1. The number of hydrogen-bond donors (Lipinski definition) is 2. The molecule has 1 atom stereocenters. The number of ether oxygens (including phenoxy) is 1. The number of allylic oxidation sites excluding steroid dienone is 1. The van der Waals surface area contributed by atoms with E-state index in [1.165, 1.54) is 38.5 Å². The van der Waals surface area contributed by atoms with Gasteiger partial charge in [-0.2, -0.15) is 0 Å². The Labute approximate surface area is 141 Å². The van der Waals surface area contributed by atoms with E-state index in [-0.39, 0.29) is 12.7 Å². The Bertz CT molecular complexity index is 289. The number of aliphatic hydroxyl groups is 1. The first kappa shape index (κ1) is 22.1. The predicted octanol–water partition coefficient (Wildman–Crippen LogP) is 4.71. The molecule has 0 spiro atoms. The van der Waals surface area contributed by atoms with Gasteiger partial charge in [0.05, 0.1) is 6.10 Å². The summed E-state index contributed by atoms with van der Waals surface area (Å²) in [5.74, 6) is -0.893. The average molecular weight is 328 g/mol. The Morgan fingerprint density at radius 3 is 2.22 bits per heavy atom. The van der Waals surface area contributed by atoms with Gasteiger partial charge in [-0.15, -0.1) is 0 Å². The molecule has 0 saturated heterocycles. The molecule has 0 aliphatic carbocycles. The lowest BCUT2D eigenvalue weighted by Gasteiger charge is -2.04. The first-order valence-electron chi connectivity index (χ1n) is 9.31. The zero-order valence-corrected chi connectivity index (χ0v) is 14.8. The van der Waals surface area contributed by atoms with Gasteiger partial charge in [0.15, 0.2) is 0 Å². The molecular weight excluding hydrogens is 292 g/mol. The third-order valence-electron chi connectivity index (χ3n) is 3.85. The molecule has 0 unspecified atom stereocenters. The van der Waals surface area contributed by atoms with Crippen molar-refractivity contribution in [2.45, 2.75) is 90.1 Å². The largest absolute Gasteiger partial charge is 0.480 e. The van der Waals surface area contributed by atoms with E-state index < -0.39 is 5.97 Å². The Hall–Kier alpha value is -0.870. The standard InChI is InChI=1S/C19H36O4/c1-2-3-14-18(20)15-12-10-8-6-4-5-7-9-11-13-16-23-17-19(21)22/h12,15,18,20H,2-11,13-14,16-17H2,1H3,(H,21,22)/b15-12-/t18-/m1/s1. The number of aliphatic carboxylic acids is 1. The minimum absolute atomic E-state index is 0.177. The van der Waals surface area contributed by atoms with Gasteiger partial charge < -0.3 is 14.9 Å². The minimum atomic E-state index is -0.893. The molecule has 0 rings (SSSR count). The molecule has 0 aromatic heterocycles. The van der Waals surface area contributed by atoms with E-state index in [0.717, 1.165) is 38.5 Å². The highest BCUT2D eigenvalue weighted by molar-refractivity contribution is 5.67. The normalized spacial score (nSPS) is 12.8. The van der Waals surface area contributed by atoms with Crippen molar-refractivity contribution < 1.29 is 19.7 Å². The average Bonchev–Trinajstić information content (AvgIpc) is 2.52. The quantitative estimate of drug-likeness (QED) is 0.300. The van der Waals surface area contributed by atoms with E-state index >= 15 is 0 Å². The summed E-state index contributed by atoms with van der Waals surface area (Å²) in [6.45, 7) is 2.52. The van der Waals surface area contributed by atoms with E-state index in [9.17, 15) is 9.90 Å². The summed E-state index contributed by atoms with van der Waals surface area (Å²) in [4.78, 5) is 10.2. The molecule has 0 aromatic rings. The first-order chi connectivity index (χ1) is 11.2. The van der Waals surface area contributed by atoms with Crippen molar-refractivity contribution in [2.75, 3.05) is 13.2 Å². The number of aliphatic hydroxyl groups excluding tert-OH is 1. The number of unbranched alkanes of at least 4 members (excludes halogenated alkanes) is 9. The van der Waals surface area contributed by atoms with Gasteiger partial charge in [0.2, 0.25) is 0 Å². The molecule has 0 aliphatic rings. The smallest absolute Gasteiger partial charge is 0.329 e. The fraction of sp³-hybridized carbons (Fsp3) is 0.842. The van der Waals surface area contributed by atoms with Crippen LogP contribution in [0.15, 0.2) is 12.2 Å². The van der Waals surface area contributed by atoms with Crippen LogP contribution in [0.2, 0.25) is 0 Å². The van der Waals surface area contributed by atoms with E-state index in [1.807, 2.05) is 6.08 Å². The fourth-order valence-corrected chi connectivity index (χ4v) is 2.45.